The smallest absolute Gasteiger partial charge is 0.160 e. The number of aromatic hydroxyl groups is 2. The molecule has 0 bridgehead atoms. The van der Waals surface area contributed by atoms with Gasteiger partial charge in [-0.15, -0.1) is 0 Å². The molecule has 1 fully saturated rings. The zero-order valence-corrected chi connectivity index (χ0v) is 15.9. The number of aliphatic hydroxyl groups is 1. The molecule has 1 aliphatic rings. The molecule has 0 aliphatic heterocycles. The third-order valence-corrected chi connectivity index (χ3v) is 5.60. The van der Waals surface area contributed by atoms with Gasteiger partial charge in [0, 0.05) is 0 Å². The van der Waals surface area contributed by atoms with E-state index in [-0.39, 0.29) is 23.3 Å². The lowest BCUT2D eigenvalue weighted by atomic mass is 9.74. The Balaban J connectivity index is 1.69. The molecule has 2 aromatic rings. The maximum absolute atomic E-state index is 11.0. The molecule has 1 aliphatic carbocycles. The van der Waals surface area contributed by atoms with Gasteiger partial charge < -0.3 is 24.8 Å². The summed E-state index contributed by atoms with van der Waals surface area (Å²) in [7, 11) is 3.08. The number of phenolic OH excluding ortho intramolecular Hbond substituents is 2. The van der Waals surface area contributed by atoms with Crippen LogP contribution in [0.25, 0.3) is 0 Å². The summed E-state index contributed by atoms with van der Waals surface area (Å²) in [6.45, 7) is 0. The van der Waals surface area contributed by atoms with Gasteiger partial charge in [0.25, 0.3) is 0 Å². The van der Waals surface area contributed by atoms with Crippen molar-refractivity contribution >= 4 is 0 Å². The van der Waals surface area contributed by atoms with Gasteiger partial charge in [-0.2, -0.15) is 0 Å². The van der Waals surface area contributed by atoms with Gasteiger partial charge in [0.2, 0.25) is 0 Å². The molecule has 0 radical (unpaired) electrons. The highest BCUT2D eigenvalue weighted by atomic mass is 16.5. The molecule has 0 saturated heterocycles. The van der Waals surface area contributed by atoms with E-state index in [9.17, 15) is 15.3 Å². The molecular formula is C22H28O5. The van der Waals surface area contributed by atoms with Gasteiger partial charge in [-0.25, -0.2) is 0 Å². The molecule has 3 N–H and O–H groups in total. The molecule has 27 heavy (non-hydrogen) atoms. The summed E-state index contributed by atoms with van der Waals surface area (Å²) in [4.78, 5) is 0. The first-order valence-corrected chi connectivity index (χ1v) is 9.41. The average molecular weight is 372 g/mol. The van der Waals surface area contributed by atoms with Crippen LogP contribution in [-0.2, 0) is 12.8 Å². The van der Waals surface area contributed by atoms with Crippen molar-refractivity contribution in [1.29, 1.82) is 0 Å². The summed E-state index contributed by atoms with van der Waals surface area (Å²) in [6, 6.07) is 10.7. The normalized spacial score (nSPS) is 22.4. The first kappa shape index (κ1) is 19.4. The minimum atomic E-state index is -0.390. The Morgan fingerprint density at radius 1 is 0.815 bits per heavy atom. The van der Waals surface area contributed by atoms with Crippen LogP contribution in [-0.4, -0.2) is 35.6 Å². The first-order valence-electron chi connectivity index (χ1n) is 9.41. The van der Waals surface area contributed by atoms with Crippen molar-refractivity contribution in [3.63, 3.8) is 0 Å². The fourth-order valence-electron chi connectivity index (χ4n) is 4.12. The summed E-state index contributed by atoms with van der Waals surface area (Å²) in [6.07, 6.45) is 4.18. The Labute approximate surface area is 160 Å². The van der Waals surface area contributed by atoms with E-state index in [1.165, 1.54) is 14.2 Å². The highest BCUT2D eigenvalue weighted by Crippen LogP contribution is 2.36. The lowest BCUT2D eigenvalue weighted by Crippen LogP contribution is -2.35. The topological polar surface area (TPSA) is 79.2 Å². The van der Waals surface area contributed by atoms with E-state index in [0.29, 0.717) is 11.5 Å². The lowest BCUT2D eigenvalue weighted by molar-refractivity contribution is 0.0176. The fourth-order valence-corrected chi connectivity index (χ4v) is 4.12. The van der Waals surface area contributed by atoms with Crippen LogP contribution >= 0.6 is 0 Å². The number of hydrogen-bond donors (Lipinski definition) is 3. The number of rotatable bonds is 6. The van der Waals surface area contributed by atoms with Gasteiger partial charge in [0.15, 0.2) is 23.0 Å². The van der Waals surface area contributed by atoms with Crippen LogP contribution in [0.1, 0.15) is 30.4 Å². The van der Waals surface area contributed by atoms with Crippen LogP contribution in [0.2, 0.25) is 0 Å². The van der Waals surface area contributed by atoms with Gasteiger partial charge in [0.1, 0.15) is 0 Å². The van der Waals surface area contributed by atoms with E-state index >= 15 is 0 Å². The van der Waals surface area contributed by atoms with Crippen LogP contribution in [0.4, 0.5) is 0 Å². The quantitative estimate of drug-likeness (QED) is 0.721. The Bertz CT molecular complexity index is 710. The molecule has 0 heterocycles. The second kappa shape index (κ2) is 8.53. The average Bonchev–Trinajstić information content (AvgIpc) is 2.67. The molecule has 0 aromatic heterocycles. The number of hydrogen-bond acceptors (Lipinski definition) is 5. The molecule has 1 saturated carbocycles. The van der Waals surface area contributed by atoms with Gasteiger partial charge in [-0.3, -0.25) is 0 Å². The predicted molar refractivity (Wildman–Crippen MR) is 104 cm³/mol. The standard InChI is InChI=1S/C22H28O5/c1-26-20-12-14(6-8-18(20)23)10-16-4-3-5-17(22(16)25)11-15-7-9-19(24)21(13-15)27-2/h6-9,12-13,16-17,22-25H,3-5,10-11H2,1-2H3. The van der Waals surface area contributed by atoms with E-state index < -0.39 is 6.10 Å². The maximum atomic E-state index is 11.0. The van der Waals surface area contributed by atoms with Crippen LogP contribution in [0, 0.1) is 11.8 Å². The monoisotopic (exact) mass is 372 g/mol. The van der Waals surface area contributed by atoms with Crippen molar-refractivity contribution < 1.29 is 24.8 Å². The van der Waals surface area contributed by atoms with E-state index in [2.05, 4.69) is 0 Å². The molecule has 2 aromatic carbocycles. The third kappa shape index (κ3) is 4.48. The lowest BCUT2D eigenvalue weighted by Gasteiger charge is -2.35. The van der Waals surface area contributed by atoms with Gasteiger partial charge in [-0.1, -0.05) is 18.6 Å². The highest BCUT2D eigenvalue weighted by molar-refractivity contribution is 5.42. The molecule has 5 heteroatoms. The van der Waals surface area contributed by atoms with Crippen molar-refractivity contribution in [1.82, 2.24) is 0 Å². The Hall–Kier alpha value is -2.40. The van der Waals surface area contributed by atoms with E-state index in [1.807, 2.05) is 24.3 Å². The Kier molecular flexibility index (Phi) is 6.11. The van der Waals surface area contributed by atoms with Crippen molar-refractivity contribution in [2.45, 2.75) is 38.2 Å². The summed E-state index contributed by atoms with van der Waals surface area (Å²) in [5.74, 6) is 1.54. The second-order valence-electron chi connectivity index (χ2n) is 7.36. The minimum Gasteiger partial charge on any atom is -0.504 e. The zero-order valence-electron chi connectivity index (χ0n) is 15.9. The summed E-state index contributed by atoms with van der Waals surface area (Å²) < 4.78 is 10.4. The van der Waals surface area contributed by atoms with Crippen LogP contribution in [0.3, 0.4) is 0 Å². The van der Waals surface area contributed by atoms with Gasteiger partial charge in [-0.05, 0) is 72.9 Å². The van der Waals surface area contributed by atoms with E-state index in [0.717, 1.165) is 43.2 Å². The fraction of sp³-hybridized carbons (Fsp3) is 0.455. The molecule has 2 unspecified atom stereocenters. The SMILES string of the molecule is COc1cc(CC2CCCC(Cc3ccc(O)c(OC)c3)C2O)ccc1O. The first-order chi connectivity index (χ1) is 13.0. The summed E-state index contributed by atoms with van der Waals surface area (Å²) in [5.41, 5.74) is 2.11. The maximum Gasteiger partial charge on any atom is 0.160 e. The molecule has 146 valence electrons. The predicted octanol–water partition coefficient (Wildman–Crippen LogP) is 3.68. The van der Waals surface area contributed by atoms with Crippen molar-refractivity contribution in [2.24, 2.45) is 11.8 Å². The van der Waals surface area contributed by atoms with Crippen molar-refractivity contribution in [2.75, 3.05) is 14.2 Å². The van der Waals surface area contributed by atoms with Crippen LogP contribution in [0.5, 0.6) is 23.0 Å². The van der Waals surface area contributed by atoms with Gasteiger partial charge >= 0.3 is 0 Å². The van der Waals surface area contributed by atoms with Crippen LogP contribution < -0.4 is 9.47 Å². The van der Waals surface area contributed by atoms with Crippen molar-refractivity contribution in [3.05, 3.63) is 47.5 Å². The van der Waals surface area contributed by atoms with E-state index in [4.69, 9.17) is 9.47 Å². The zero-order chi connectivity index (χ0) is 19.4. The number of ether oxygens (including phenoxy) is 2. The third-order valence-electron chi connectivity index (χ3n) is 5.60. The molecule has 0 amide bonds. The number of aliphatic hydroxyl groups excluding tert-OH is 1. The summed E-state index contributed by atoms with van der Waals surface area (Å²) in [5, 5.41) is 30.5. The largest absolute Gasteiger partial charge is 0.504 e. The number of benzene rings is 2. The number of methoxy groups -OCH3 is 2. The minimum absolute atomic E-state index is 0.129. The number of phenols is 2. The molecule has 3 rings (SSSR count). The van der Waals surface area contributed by atoms with Crippen molar-refractivity contribution in [3.8, 4) is 23.0 Å². The Morgan fingerprint density at radius 3 is 1.67 bits per heavy atom. The summed E-state index contributed by atoms with van der Waals surface area (Å²) >= 11 is 0. The molecular weight excluding hydrogens is 344 g/mol. The molecule has 0 spiro atoms. The molecule has 5 nitrogen and oxygen atoms in total. The second-order valence-corrected chi connectivity index (χ2v) is 7.36. The molecule has 2 atom stereocenters. The Morgan fingerprint density at radius 2 is 1.26 bits per heavy atom. The van der Waals surface area contributed by atoms with Crippen LogP contribution in [0.15, 0.2) is 36.4 Å². The van der Waals surface area contributed by atoms with E-state index in [1.54, 1.807) is 12.1 Å². The highest BCUT2D eigenvalue weighted by Gasteiger charge is 2.32. The van der Waals surface area contributed by atoms with Gasteiger partial charge in [0.05, 0.1) is 20.3 Å².